The topological polar surface area (TPSA) is 32.3 Å². The van der Waals surface area contributed by atoms with Crippen LogP contribution in [0.25, 0.3) is 0 Å². The zero-order valence-electron chi connectivity index (χ0n) is 19.2. The van der Waals surface area contributed by atoms with Gasteiger partial charge in [-0.3, -0.25) is 4.48 Å². The van der Waals surface area contributed by atoms with Crippen LogP contribution in [-0.4, -0.2) is 28.5 Å². The van der Waals surface area contributed by atoms with Crippen molar-refractivity contribution in [1.29, 1.82) is 0 Å². The van der Waals surface area contributed by atoms with Crippen molar-refractivity contribution in [3.05, 3.63) is 24.6 Å². The van der Waals surface area contributed by atoms with Crippen LogP contribution in [0.4, 0.5) is 0 Å². The maximum Gasteiger partial charge on any atom is 0.193 e. The van der Waals surface area contributed by atoms with Crippen molar-refractivity contribution in [1.82, 2.24) is 5.32 Å². The molecule has 0 amide bonds. The lowest BCUT2D eigenvalue weighted by Crippen LogP contribution is -2.57. The summed E-state index contributed by atoms with van der Waals surface area (Å²) >= 11 is 0. The number of unbranched alkanes of at least 4 members (excludes halogenated alkanes) is 13. The first-order valence-corrected chi connectivity index (χ1v) is 12.3. The fourth-order valence-corrected chi connectivity index (χ4v) is 4.40. The first-order chi connectivity index (χ1) is 13.7. The third-order valence-electron chi connectivity index (χ3n) is 6.46. The Kier molecular flexibility index (Phi) is 14.5. The minimum absolute atomic E-state index is 0.271. The molecule has 2 N–H and O–H groups in total. The van der Waals surface area contributed by atoms with Crippen LogP contribution in [-0.2, 0) is 0 Å². The Bertz CT molecular complexity index is 419. The standard InChI is InChI=1S/C25H49N2O/c1-4-6-7-8-9-10-11-12-13-14-15-16-17-18-19-20-21-25-26-22-23-27(25,5-2)24(3)28/h19-20,22-26,28H,4-18,21H2,1-3H3/q+1/b20-19+. The molecule has 3 heteroatoms. The average molecular weight is 394 g/mol. The summed E-state index contributed by atoms with van der Waals surface area (Å²) in [7, 11) is 0. The van der Waals surface area contributed by atoms with E-state index in [1.807, 2.05) is 13.1 Å². The Morgan fingerprint density at radius 2 is 1.39 bits per heavy atom. The Morgan fingerprint density at radius 3 is 1.89 bits per heavy atom. The Balaban J connectivity index is 1.92. The second kappa shape index (κ2) is 16.0. The molecule has 1 rings (SSSR count). The second-order valence-corrected chi connectivity index (χ2v) is 8.68. The van der Waals surface area contributed by atoms with E-state index >= 15 is 0 Å². The molecule has 0 bridgehead atoms. The zero-order chi connectivity index (χ0) is 20.5. The minimum Gasteiger partial charge on any atom is -0.345 e. The summed E-state index contributed by atoms with van der Waals surface area (Å²) in [6.07, 6.45) is 29.2. The summed E-state index contributed by atoms with van der Waals surface area (Å²) in [4.78, 5) is 0. The van der Waals surface area contributed by atoms with E-state index in [9.17, 15) is 5.11 Å². The molecule has 3 unspecified atom stereocenters. The van der Waals surface area contributed by atoms with Gasteiger partial charge in [-0.05, 0) is 19.8 Å². The SMILES string of the molecule is CCCCCCCCCCCCCCC/C=C/CC1NC=C[N+]1(CC)C(C)O. The molecule has 3 nitrogen and oxygen atoms in total. The van der Waals surface area contributed by atoms with E-state index in [0.29, 0.717) is 4.48 Å². The van der Waals surface area contributed by atoms with Gasteiger partial charge in [0.1, 0.15) is 6.20 Å². The van der Waals surface area contributed by atoms with E-state index in [1.165, 1.54) is 89.9 Å². The first-order valence-electron chi connectivity index (χ1n) is 12.3. The Labute approximate surface area is 175 Å². The maximum atomic E-state index is 10.2. The Morgan fingerprint density at radius 1 is 0.857 bits per heavy atom. The molecule has 0 aliphatic carbocycles. The number of hydrogen-bond acceptors (Lipinski definition) is 2. The molecule has 0 saturated carbocycles. The second-order valence-electron chi connectivity index (χ2n) is 8.68. The summed E-state index contributed by atoms with van der Waals surface area (Å²) in [5.41, 5.74) is 0. The van der Waals surface area contributed by atoms with Gasteiger partial charge in [-0.15, -0.1) is 0 Å². The highest BCUT2D eigenvalue weighted by molar-refractivity contribution is 4.91. The molecule has 1 heterocycles. The van der Waals surface area contributed by atoms with Gasteiger partial charge in [-0.2, -0.15) is 0 Å². The van der Waals surface area contributed by atoms with Crippen LogP contribution in [0.3, 0.4) is 0 Å². The third kappa shape index (κ3) is 9.60. The van der Waals surface area contributed by atoms with Crippen LogP contribution in [0.5, 0.6) is 0 Å². The molecule has 1 aliphatic heterocycles. The van der Waals surface area contributed by atoms with Crippen LogP contribution in [0.15, 0.2) is 24.6 Å². The molecule has 164 valence electrons. The lowest BCUT2D eigenvalue weighted by atomic mass is 10.0. The molecule has 0 aromatic heterocycles. The molecule has 28 heavy (non-hydrogen) atoms. The highest BCUT2D eigenvalue weighted by Gasteiger charge is 2.40. The molecule has 0 aromatic carbocycles. The van der Waals surface area contributed by atoms with E-state index in [0.717, 1.165) is 13.0 Å². The molecule has 0 saturated heterocycles. The molecule has 1 aliphatic rings. The van der Waals surface area contributed by atoms with Gasteiger partial charge in [0.25, 0.3) is 0 Å². The minimum atomic E-state index is -0.365. The number of aliphatic hydroxyl groups excluding tert-OH is 1. The van der Waals surface area contributed by atoms with Gasteiger partial charge < -0.3 is 10.4 Å². The van der Waals surface area contributed by atoms with Crippen molar-refractivity contribution >= 4 is 0 Å². The highest BCUT2D eigenvalue weighted by atomic mass is 16.3. The molecule has 0 radical (unpaired) electrons. The van der Waals surface area contributed by atoms with Gasteiger partial charge >= 0.3 is 0 Å². The van der Waals surface area contributed by atoms with Crippen molar-refractivity contribution in [3.63, 3.8) is 0 Å². The Hall–Kier alpha value is -0.800. The predicted octanol–water partition coefficient (Wildman–Crippen LogP) is 6.99. The van der Waals surface area contributed by atoms with E-state index in [1.54, 1.807) is 0 Å². The lowest BCUT2D eigenvalue weighted by Gasteiger charge is -2.38. The number of nitrogens with zero attached hydrogens (tertiary/aromatic N) is 1. The molecule has 0 aromatic rings. The van der Waals surface area contributed by atoms with Gasteiger partial charge in [0.2, 0.25) is 0 Å². The molecular formula is C25H49N2O+. The number of aliphatic hydroxyl groups is 1. The normalized spacial score (nSPS) is 22.8. The molecule has 0 fully saturated rings. The van der Waals surface area contributed by atoms with Crippen molar-refractivity contribution in [2.24, 2.45) is 0 Å². The number of nitrogens with one attached hydrogen (secondary N) is 1. The average Bonchev–Trinajstić information content (AvgIpc) is 3.12. The van der Waals surface area contributed by atoms with Crippen LogP contribution >= 0.6 is 0 Å². The van der Waals surface area contributed by atoms with Crippen LogP contribution in [0, 0.1) is 0 Å². The summed E-state index contributed by atoms with van der Waals surface area (Å²) in [6.45, 7) is 7.24. The number of quaternary nitrogens is 1. The van der Waals surface area contributed by atoms with Gasteiger partial charge in [0, 0.05) is 13.3 Å². The molecular weight excluding hydrogens is 344 g/mol. The number of rotatable bonds is 18. The molecule has 0 spiro atoms. The summed E-state index contributed by atoms with van der Waals surface area (Å²) in [5.74, 6) is 0. The van der Waals surface area contributed by atoms with Crippen LogP contribution in [0.2, 0.25) is 0 Å². The summed E-state index contributed by atoms with van der Waals surface area (Å²) < 4.78 is 0.628. The maximum absolute atomic E-state index is 10.2. The van der Waals surface area contributed by atoms with Crippen molar-refractivity contribution in [2.75, 3.05) is 6.54 Å². The zero-order valence-corrected chi connectivity index (χ0v) is 19.2. The van der Waals surface area contributed by atoms with E-state index in [2.05, 4.69) is 37.5 Å². The van der Waals surface area contributed by atoms with Gasteiger partial charge in [0.05, 0.1) is 12.7 Å². The van der Waals surface area contributed by atoms with Crippen LogP contribution in [0.1, 0.15) is 117 Å². The lowest BCUT2D eigenvalue weighted by molar-refractivity contribution is -0.941. The van der Waals surface area contributed by atoms with Crippen LogP contribution < -0.4 is 5.32 Å². The highest BCUT2D eigenvalue weighted by Crippen LogP contribution is 2.24. The predicted molar refractivity (Wildman–Crippen MR) is 123 cm³/mol. The van der Waals surface area contributed by atoms with Crippen molar-refractivity contribution in [3.8, 4) is 0 Å². The largest absolute Gasteiger partial charge is 0.345 e. The number of allylic oxidation sites excluding steroid dienone is 1. The van der Waals surface area contributed by atoms with E-state index in [4.69, 9.17) is 0 Å². The fourth-order valence-electron chi connectivity index (χ4n) is 4.40. The van der Waals surface area contributed by atoms with E-state index < -0.39 is 0 Å². The van der Waals surface area contributed by atoms with Gasteiger partial charge in [-0.25, -0.2) is 0 Å². The van der Waals surface area contributed by atoms with Crippen molar-refractivity contribution in [2.45, 2.75) is 129 Å². The fraction of sp³-hybridized carbons (Fsp3) is 0.840. The number of hydrogen-bond donors (Lipinski definition) is 2. The smallest absolute Gasteiger partial charge is 0.193 e. The third-order valence-corrected chi connectivity index (χ3v) is 6.46. The summed E-state index contributed by atoms with van der Waals surface area (Å²) in [6, 6.07) is 0. The van der Waals surface area contributed by atoms with E-state index in [-0.39, 0.29) is 12.4 Å². The first kappa shape index (κ1) is 25.2. The monoisotopic (exact) mass is 393 g/mol. The van der Waals surface area contributed by atoms with Gasteiger partial charge in [0.15, 0.2) is 12.4 Å². The summed E-state index contributed by atoms with van der Waals surface area (Å²) in [5, 5.41) is 13.6. The van der Waals surface area contributed by atoms with Crippen molar-refractivity contribution < 1.29 is 9.59 Å². The van der Waals surface area contributed by atoms with Gasteiger partial charge in [-0.1, -0.05) is 96.1 Å². The molecule has 3 atom stereocenters. The quantitative estimate of drug-likeness (QED) is 0.149.